The van der Waals surface area contributed by atoms with Gasteiger partial charge in [0.05, 0.1) is 13.7 Å². The van der Waals surface area contributed by atoms with Crippen molar-refractivity contribution in [3.63, 3.8) is 0 Å². The predicted molar refractivity (Wildman–Crippen MR) is 84.2 cm³/mol. The number of ether oxygens (including phenoxy) is 3. The zero-order valence-corrected chi connectivity index (χ0v) is 15.2. The summed E-state index contributed by atoms with van der Waals surface area (Å²) in [5.74, 6) is -0.446. The summed E-state index contributed by atoms with van der Waals surface area (Å²) in [6.45, 7) is 5.10. The van der Waals surface area contributed by atoms with Crippen molar-refractivity contribution in [3.8, 4) is 11.5 Å². The van der Waals surface area contributed by atoms with Crippen LogP contribution in [0.15, 0.2) is 16.6 Å². The number of carbonyl (C=O) groups excluding carboxylic acids is 1. The molecule has 0 saturated heterocycles. The van der Waals surface area contributed by atoms with Gasteiger partial charge in [0.2, 0.25) is 0 Å². The number of β-amino-alcohol motifs (C(OH)–C–C–N with tert-alkyl or cyclic N) is 1. The molecule has 1 N–H and O–H groups in total. The van der Waals surface area contributed by atoms with Crippen molar-refractivity contribution < 1.29 is 32.9 Å². The van der Waals surface area contributed by atoms with Gasteiger partial charge in [-0.1, -0.05) is 15.9 Å². The van der Waals surface area contributed by atoms with Gasteiger partial charge in [-0.25, -0.2) is 4.79 Å². The fourth-order valence-corrected chi connectivity index (χ4v) is 2.89. The van der Waals surface area contributed by atoms with E-state index in [1.54, 1.807) is 20.8 Å². The molecule has 0 aromatic heterocycles. The van der Waals surface area contributed by atoms with E-state index in [1.165, 1.54) is 24.1 Å². The number of hydrogen-bond donors (Lipinski definition) is 1. The smallest absolute Gasteiger partial charge is 0.453 e. The number of hydrogen-bond acceptors (Lipinski definition) is 5. The molecule has 1 aromatic carbocycles. The van der Waals surface area contributed by atoms with Crippen molar-refractivity contribution in [1.82, 2.24) is 4.90 Å². The molecule has 0 saturated carbocycles. The maximum absolute atomic E-state index is 13.3. The van der Waals surface area contributed by atoms with Crippen molar-refractivity contribution in [2.45, 2.75) is 38.7 Å². The second kappa shape index (κ2) is 6.36. The molecule has 0 bridgehead atoms. The van der Waals surface area contributed by atoms with Crippen LogP contribution in [0.3, 0.4) is 0 Å². The predicted octanol–water partition coefficient (Wildman–Crippen LogP) is 3.67. The number of amides is 1. The number of aliphatic hydroxyl groups excluding tert-OH is 1. The first kappa shape index (κ1) is 18.7. The lowest BCUT2D eigenvalue weighted by molar-refractivity contribution is -0.287. The van der Waals surface area contributed by atoms with Gasteiger partial charge in [-0.3, -0.25) is 0 Å². The molecule has 6 nitrogen and oxygen atoms in total. The number of carbonyl (C=O) groups is 1. The van der Waals surface area contributed by atoms with Gasteiger partial charge in [-0.15, -0.1) is 8.78 Å². The van der Waals surface area contributed by atoms with Crippen LogP contribution in [0.2, 0.25) is 0 Å². The fraction of sp³-hybridized carbons (Fsp3) is 0.533. The highest BCUT2D eigenvalue weighted by Crippen LogP contribution is 2.48. The molecular formula is C15H18BrF2NO5. The Labute approximate surface area is 146 Å². The van der Waals surface area contributed by atoms with Crippen molar-refractivity contribution in [2.75, 3.05) is 13.7 Å². The van der Waals surface area contributed by atoms with Gasteiger partial charge < -0.3 is 24.2 Å². The molecule has 1 atom stereocenters. The van der Waals surface area contributed by atoms with Gasteiger partial charge in [0, 0.05) is 15.6 Å². The molecule has 1 aliphatic rings. The van der Waals surface area contributed by atoms with Crippen LogP contribution in [0.25, 0.3) is 0 Å². The highest BCUT2D eigenvalue weighted by atomic mass is 79.9. The molecule has 0 radical (unpaired) electrons. The summed E-state index contributed by atoms with van der Waals surface area (Å²) < 4.78 is 40.6. The van der Waals surface area contributed by atoms with Gasteiger partial charge in [-0.2, -0.15) is 0 Å². The SMILES string of the molecule is COC(=O)N(CC(O)c1c(Br)ccc2c1OC(F)(F)O2)C(C)(C)C. The lowest BCUT2D eigenvalue weighted by Crippen LogP contribution is -2.47. The van der Waals surface area contributed by atoms with Crippen molar-refractivity contribution in [3.05, 3.63) is 22.2 Å². The van der Waals surface area contributed by atoms with Gasteiger partial charge in [0.1, 0.15) is 6.10 Å². The van der Waals surface area contributed by atoms with Gasteiger partial charge >= 0.3 is 12.4 Å². The summed E-state index contributed by atoms with van der Waals surface area (Å²) in [4.78, 5) is 13.2. The topological polar surface area (TPSA) is 68.2 Å². The van der Waals surface area contributed by atoms with Crippen LogP contribution in [0.4, 0.5) is 13.6 Å². The van der Waals surface area contributed by atoms with Gasteiger partial charge in [0.15, 0.2) is 11.5 Å². The molecule has 1 aliphatic heterocycles. The fourth-order valence-electron chi connectivity index (χ4n) is 2.32. The van der Waals surface area contributed by atoms with Crippen LogP contribution in [-0.4, -0.2) is 41.6 Å². The molecule has 0 spiro atoms. The number of fused-ring (bicyclic) bond motifs is 1. The lowest BCUT2D eigenvalue weighted by Gasteiger charge is -2.36. The summed E-state index contributed by atoms with van der Waals surface area (Å²) in [5, 5.41) is 10.6. The number of aliphatic hydroxyl groups is 1. The summed E-state index contributed by atoms with van der Waals surface area (Å²) >= 11 is 3.21. The Morgan fingerprint density at radius 2 is 2.04 bits per heavy atom. The van der Waals surface area contributed by atoms with E-state index in [4.69, 9.17) is 4.74 Å². The Morgan fingerprint density at radius 1 is 1.42 bits per heavy atom. The third-order valence-electron chi connectivity index (χ3n) is 3.45. The standard InChI is InChI=1S/C15H18BrF2NO5/c1-14(2,3)19(13(21)22-4)7-9(20)11-8(16)5-6-10-12(11)24-15(17,18)23-10/h5-6,9,20H,7H2,1-4H3. The van der Waals surface area contributed by atoms with E-state index in [1.807, 2.05) is 0 Å². The first-order valence-corrected chi connectivity index (χ1v) is 7.87. The van der Waals surface area contributed by atoms with E-state index < -0.39 is 24.0 Å². The van der Waals surface area contributed by atoms with Crippen molar-refractivity contribution in [2.24, 2.45) is 0 Å². The van der Waals surface area contributed by atoms with E-state index in [2.05, 4.69) is 25.4 Å². The van der Waals surface area contributed by atoms with E-state index in [9.17, 15) is 18.7 Å². The second-order valence-electron chi connectivity index (χ2n) is 6.22. The first-order valence-electron chi connectivity index (χ1n) is 7.08. The zero-order chi connectivity index (χ0) is 18.3. The Morgan fingerprint density at radius 3 is 2.58 bits per heavy atom. The van der Waals surface area contributed by atoms with Crippen LogP contribution >= 0.6 is 15.9 Å². The normalized spacial score (nSPS) is 16.7. The van der Waals surface area contributed by atoms with Crippen LogP contribution in [0.5, 0.6) is 11.5 Å². The maximum Gasteiger partial charge on any atom is 0.586 e. The highest BCUT2D eigenvalue weighted by Gasteiger charge is 2.46. The Kier molecular flexibility index (Phi) is 4.96. The molecule has 1 unspecified atom stereocenters. The molecule has 0 aliphatic carbocycles. The van der Waals surface area contributed by atoms with Crippen molar-refractivity contribution in [1.29, 1.82) is 0 Å². The molecule has 134 valence electrons. The minimum atomic E-state index is -3.80. The van der Waals surface area contributed by atoms with E-state index in [-0.39, 0.29) is 23.6 Å². The van der Waals surface area contributed by atoms with Gasteiger partial charge in [0.25, 0.3) is 0 Å². The van der Waals surface area contributed by atoms with Crippen LogP contribution in [0.1, 0.15) is 32.4 Å². The summed E-state index contributed by atoms with van der Waals surface area (Å²) in [7, 11) is 1.22. The monoisotopic (exact) mass is 409 g/mol. The molecule has 1 amide bonds. The van der Waals surface area contributed by atoms with E-state index >= 15 is 0 Å². The number of benzene rings is 1. The number of rotatable bonds is 3. The minimum Gasteiger partial charge on any atom is -0.453 e. The largest absolute Gasteiger partial charge is 0.586 e. The Hall–Kier alpha value is -1.61. The Bertz CT molecular complexity index is 647. The summed E-state index contributed by atoms with van der Waals surface area (Å²) in [5.41, 5.74) is -0.581. The third kappa shape index (κ3) is 3.72. The quantitative estimate of drug-likeness (QED) is 0.824. The maximum atomic E-state index is 13.3. The minimum absolute atomic E-state index is 0.0721. The Balaban J connectivity index is 2.36. The highest BCUT2D eigenvalue weighted by molar-refractivity contribution is 9.10. The molecule has 2 rings (SSSR count). The number of methoxy groups -OCH3 is 1. The molecular weight excluding hydrogens is 392 g/mol. The van der Waals surface area contributed by atoms with E-state index in [0.717, 1.165) is 0 Å². The number of alkyl halides is 2. The number of nitrogens with zero attached hydrogens (tertiary/aromatic N) is 1. The van der Waals surface area contributed by atoms with Gasteiger partial charge in [-0.05, 0) is 32.9 Å². The average Bonchev–Trinajstić information content (AvgIpc) is 2.76. The molecule has 0 fully saturated rings. The van der Waals surface area contributed by atoms with E-state index in [0.29, 0.717) is 4.47 Å². The zero-order valence-electron chi connectivity index (χ0n) is 13.6. The second-order valence-corrected chi connectivity index (χ2v) is 7.08. The first-order chi connectivity index (χ1) is 11.0. The van der Waals surface area contributed by atoms with Crippen molar-refractivity contribution >= 4 is 22.0 Å². The third-order valence-corrected chi connectivity index (χ3v) is 4.14. The van der Waals surface area contributed by atoms with Crippen LogP contribution < -0.4 is 9.47 Å². The molecule has 24 heavy (non-hydrogen) atoms. The summed E-state index contributed by atoms with van der Waals surface area (Å²) in [6.07, 6.45) is -5.75. The lowest BCUT2D eigenvalue weighted by atomic mass is 10.0. The summed E-state index contributed by atoms with van der Waals surface area (Å²) in [6, 6.07) is 2.76. The molecule has 9 heteroatoms. The van der Waals surface area contributed by atoms with Crippen LogP contribution in [0, 0.1) is 0 Å². The number of halogens is 3. The molecule has 1 heterocycles. The molecule has 1 aromatic rings. The average molecular weight is 410 g/mol. The van der Waals surface area contributed by atoms with Crippen LogP contribution in [-0.2, 0) is 4.74 Å².